The van der Waals surface area contributed by atoms with E-state index in [1.54, 1.807) is 30.3 Å². The van der Waals surface area contributed by atoms with Gasteiger partial charge in [0.1, 0.15) is 11.9 Å². The number of ketones is 1. The highest BCUT2D eigenvalue weighted by Crippen LogP contribution is 2.26. The van der Waals surface area contributed by atoms with Gasteiger partial charge < -0.3 is 20.4 Å². The van der Waals surface area contributed by atoms with Crippen LogP contribution in [0.5, 0.6) is 0 Å². The smallest absolute Gasteiger partial charge is 0.195 e. The number of carbonyl (C=O) groups excluding carboxylic acids is 1. The minimum absolute atomic E-state index is 0.0208. The largest absolute Gasteiger partial charge is 0.508 e. The molecule has 5 heteroatoms. The van der Waals surface area contributed by atoms with Crippen molar-refractivity contribution in [2.24, 2.45) is 0 Å². The highest BCUT2D eigenvalue weighted by atomic mass is 16.5. The number of hydrogen-bond acceptors (Lipinski definition) is 5. The normalized spacial score (nSPS) is 19.3. The van der Waals surface area contributed by atoms with E-state index in [1.807, 2.05) is 0 Å². The van der Waals surface area contributed by atoms with Crippen LogP contribution in [-0.2, 0) is 0 Å². The van der Waals surface area contributed by atoms with Crippen LogP contribution in [0.2, 0.25) is 0 Å². The van der Waals surface area contributed by atoms with Crippen molar-refractivity contribution in [3.05, 3.63) is 59.4 Å². The molecule has 19 heavy (non-hydrogen) atoms. The van der Waals surface area contributed by atoms with Crippen molar-refractivity contribution in [2.45, 2.75) is 18.3 Å². The minimum atomic E-state index is -2.15. The van der Waals surface area contributed by atoms with Gasteiger partial charge in [0.05, 0.1) is 0 Å². The molecular weight excluding hydrogens is 248 g/mol. The lowest BCUT2D eigenvalue weighted by atomic mass is 9.92. The van der Waals surface area contributed by atoms with Gasteiger partial charge in [-0.15, -0.1) is 0 Å². The third-order valence-corrected chi connectivity index (χ3v) is 2.89. The molecule has 0 saturated carbocycles. The van der Waals surface area contributed by atoms with E-state index in [1.165, 1.54) is 6.08 Å². The first kappa shape index (κ1) is 13.5. The summed E-state index contributed by atoms with van der Waals surface area (Å²) in [5.74, 6) is -3.22. The Morgan fingerprint density at radius 2 is 1.84 bits per heavy atom. The average molecular weight is 262 g/mol. The topological polar surface area (TPSA) is 98.0 Å². The summed E-state index contributed by atoms with van der Waals surface area (Å²) in [7, 11) is 0. The summed E-state index contributed by atoms with van der Waals surface area (Å²) in [6.07, 6.45) is 0.297. The Labute approximate surface area is 109 Å². The van der Waals surface area contributed by atoms with E-state index in [9.17, 15) is 25.2 Å². The third-order valence-electron chi connectivity index (χ3n) is 2.89. The number of carbonyl (C=O) groups is 1. The molecule has 100 valence electrons. The van der Waals surface area contributed by atoms with Crippen LogP contribution >= 0.6 is 0 Å². The summed E-state index contributed by atoms with van der Waals surface area (Å²) in [4.78, 5) is 12.0. The summed E-state index contributed by atoms with van der Waals surface area (Å²) in [5, 5.41) is 38.2. The first-order valence-corrected chi connectivity index (χ1v) is 5.75. The predicted octanol–water partition coefficient (Wildman–Crippen LogP) is 0.683. The van der Waals surface area contributed by atoms with Crippen molar-refractivity contribution < 1.29 is 25.2 Å². The number of rotatable bonds is 3. The molecule has 2 rings (SSSR count). The first-order valence-electron chi connectivity index (χ1n) is 5.75. The molecule has 0 radical (unpaired) electrons. The summed E-state index contributed by atoms with van der Waals surface area (Å²) in [5.41, 5.74) is 0.293. The molecule has 0 bridgehead atoms. The Morgan fingerprint density at radius 3 is 2.42 bits per heavy atom. The van der Waals surface area contributed by atoms with Crippen LogP contribution in [-0.4, -0.2) is 38.1 Å². The quantitative estimate of drug-likeness (QED) is 0.474. The van der Waals surface area contributed by atoms with Crippen LogP contribution in [0.3, 0.4) is 0 Å². The van der Waals surface area contributed by atoms with Gasteiger partial charge in [0.15, 0.2) is 11.6 Å². The molecule has 0 heterocycles. The fraction of sp³-hybridized carbons (Fsp3) is 0.214. The Kier molecular flexibility index (Phi) is 3.53. The number of benzene rings is 1. The highest BCUT2D eigenvalue weighted by Gasteiger charge is 2.31. The van der Waals surface area contributed by atoms with Gasteiger partial charge in [0, 0.05) is 23.6 Å². The van der Waals surface area contributed by atoms with Gasteiger partial charge in [-0.05, 0) is 0 Å². The zero-order valence-corrected chi connectivity index (χ0v) is 10.0. The summed E-state index contributed by atoms with van der Waals surface area (Å²) >= 11 is 0. The molecule has 0 fully saturated rings. The number of Topliss-reactive ketones (excluding diaryl/α,β-unsaturated/α-hetero) is 1. The predicted molar refractivity (Wildman–Crippen MR) is 67.4 cm³/mol. The van der Waals surface area contributed by atoms with Gasteiger partial charge in [-0.3, -0.25) is 4.79 Å². The lowest BCUT2D eigenvalue weighted by Crippen LogP contribution is -2.32. The molecule has 1 aliphatic carbocycles. The van der Waals surface area contributed by atoms with E-state index in [-0.39, 0.29) is 12.0 Å². The SMILES string of the molecule is O=C(c1ccccc1)C(O)C1=CCC(O)(O)C=C1O. The van der Waals surface area contributed by atoms with Crippen LogP contribution in [0.15, 0.2) is 53.8 Å². The van der Waals surface area contributed by atoms with Crippen LogP contribution in [0.25, 0.3) is 0 Å². The second-order valence-corrected chi connectivity index (χ2v) is 4.40. The maximum absolute atomic E-state index is 12.0. The van der Waals surface area contributed by atoms with Gasteiger partial charge in [-0.25, -0.2) is 0 Å². The van der Waals surface area contributed by atoms with E-state index in [4.69, 9.17) is 0 Å². The summed E-state index contributed by atoms with van der Waals surface area (Å²) < 4.78 is 0. The Morgan fingerprint density at radius 1 is 1.21 bits per heavy atom. The van der Waals surface area contributed by atoms with E-state index in [0.29, 0.717) is 5.56 Å². The fourth-order valence-electron chi connectivity index (χ4n) is 1.88. The number of hydrogen-bond donors (Lipinski definition) is 4. The zero-order chi connectivity index (χ0) is 14.0. The van der Waals surface area contributed by atoms with Crippen molar-refractivity contribution in [2.75, 3.05) is 0 Å². The van der Waals surface area contributed by atoms with Crippen molar-refractivity contribution in [3.8, 4) is 0 Å². The van der Waals surface area contributed by atoms with Crippen LogP contribution in [0.4, 0.5) is 0 Å². The van der Waals surface area contributed by atoms with Crippen molar-refractivity contribution in [1.29, 1.82) is 0 Å². The lowest BCUT2D eigenvalue weighted by molar-refractivity contribution is -0.117. The number of aliphatic hydroxyl groups excluding tert-OH is 2. The van der Waals surface area contributed by atoms with Crippen LogP contribution in [0, 0.1) is 0 Å². The van der Waals surface area contributed by atoms with Gasteiger partial charge in [0.2, 0.25) is 0 Å². The monoisotopic (exact) mass is 262 g/mol. The minimum Gasteiger partial charge on any atom is -0.508 e. The molecule has 4 N–H and O–H groups in total. The van der Waals surface area contributed by atoms with Gasteiger partial charge >= 0.3 is 0 Å². The average Bonchev–Trinajstić information content (AvgIpc) is 2.37. The Hall–Kier alpha value is -1.95. The zero-order valence-electron chi connectivity index (χ0n) is 10.0. The van der Waals surface area contributed by atoms with E-state index < -0.39 is 23.4 Å². The second-order valence-electron chi connectivity index (χ2n) is 4.40. The first-order chi connectivity index (χ1) is 8.91. The summed E-state index contributed by atoms with van der Waals surface area (Å²) in [6.45, 7) is 0. The molecule has 1 aliphatic rings. The standard InChI is InChI=1S/C14H14O5/c15-11-8-14(18,19)7-6-10(11)13(17)12(16)9-4-2-1-3-5-9/h1-6,8,13,15,17-19H,7H2. The lowest BCUT2D eigenvalue weighted by Gasteiger charge is -2.24. The Balaban J connectivity index is 2.22. The molecule has 5 nitrogen and oxygen atoms in total. The molecular formula is C14H14O5. The molecule has 1 atom stereocenters. The van der Waals surface area contributed by atoms with Gasteiger partial charge in [-0.2, -0.15) is 0 Å². The molecule has 0 aromatic heterocycles. The van der Waals surface area contributed by atoms with Crippen molar-refractivity contribution in [1.82, 2.24) is 0 Å². The maximum Gasteiger partial charge on any atom is 0.195 e. The molecule has 1 aromatic carbocycles. The van der Waals surface area contributed by atoms with E-state index in [0.717, 1.165) is 6.08 Å². The van der Waals surface area contributed by atoms with Crippen molar-refractivity contribution >= 4 is 5.78 Å². The molecule has 0 aliphatic heterocycles. The molecule has 0 spiro atoms. The third kappa shape index (κ3) is 2.90. The maximum atomic E-state index is 12.0. The highest BCUT2D eigenvalue weighted by molar-refractivity contribution is 6.01. The second kappa shape index (κ2) is 4.97. The van der Waals surface area contributed by atoms with E-state index in [2.05, 4.69) is 0 Å². The summed E-state index contributed by atoms with van der Waals surface area (Å²) in [6, 6.07) is 8.18. The molecule has 1 unspecified atom stereocenters. The molecule has 0 saturated heterocycles. The fourth-order valence-corrected chi connectivity index (χ4v) is 1.88. The van der Waals surface area contributed by atoms with Gasteiger partial charge in [0.25, 0.3) is 0 Å². The van der Waals surface area contributed by atoms with E-state index >= 15 is 0 Å². The Bertz CT molecular complexity index is 542. The molecule has 1 aromatic rings. The van der Waals surface area contributed by atoms with Crippen LogP contribution in [0.1, 0.15) is 16.8 Å². The van der Waals surface area contributed by atoms with Gasteiger partial charge in [-0.1, -0.05) is 36.4 Å². The van der Waals surface area contributed by atoms with Crippen LogP contribution < -0.4 is 0 Å². The molecule has 0 amide bonds. The van der Waals surface area contributed by atoms with Crippen molar-refractivity contribution in [3.63, 3.8) is 0 Å². The number of aliphatic hydroxyl groups is 4.